The highest BCUT2D eigenvalue weighted by Gasteiger charge is 2.20. The first kappa shape index (κ1) is 13.8. The predicted octanol–water partition coefficient (Wildman–Crippen LogP) is 2.13. The number of hydrogen-bond donors (Lipinski definition) is 1. The molecule has 1 saturated heterocycles. The van der Waals surface area contributed by atoms with E-state index >= 15 is 0 Å². The number of piperidine rings is 1. The number of aromatic nitrogens is 1. The van der Waals surface area contributed by atoms with E-state index in [1.54, 1.807) is 0 Å². The van der Waals surface area contributed by atoms with E-state index in [2.05, 4.69) is 25.8 Å². The summed E-state index contributed by atoms with van der Waals surface area (Å²) in [6.07, 6.45) is 2.28. The molecule has 5 heteroatoms. The van der Waals surface area contributed by atoms with Crippen LogP contribution in [0, 0.1) is 6.92 Å². The number of aryl methyl sites for hydroxylation is 1. The summed E-state index contributed by atoms with van der Waals surface area (Å²) in [5.74, 6) is 1.04. The van der Waals surface area contributed by atoms with E-state index in [0.717, 1.165) is 41.9 Å². The zero-order valence-corrected chi connectivity index (χ0v) is 12.2. The Morgan fingerprint density at radius 3 is 2.78 bits per heavy atom. The highest BCUT2D eigenvalue weighted by molar-refractivity contribution is 9.10. The third-order valence-corrected chi connectivity index (χ3v) is 4.06. The molecule has 0 unspecified atom stereocenters. The average Bonchev–Trinajstić information content (AvgIpc) is 2.40. The Labute approximate surface area is 116 Å². The van der Waals surface area contributed by atoms with E-state index in [4.69, 9.17) is 9.84 Å². The summed E-state index contributed by atoms with van der Waals surface area (Å²) < 4.78 is 6.60. The van der Waals surface area contributed by atoms with Crippen LogP contribution in [0.5, 0.6) is 0 Å². The van der Waals surface area contributed by atoms with Crippen molar-refractivity contribution in [2.24, 2.45) is 0 Å². The Hall–Kier alpha value is -0.650. The van der Waals surface area contributed by atoms with Gasteiger partial charge in [-0.1, -0.05) is 0 Å². The van der Waals surface area contributed by atoms with Gasteiger partial charge in [-0.25, -0.2) is 4.98 Å². The van der Waals surface area contributed by atoms with Crippen molar-refractivity contribution >= 4 is 21.7 Å². The van der Waals surface area contributed by atoms with Gasteiger partial charge in [-0.2, -0.15) is 0 Å². The number of nitrogens with zero attached hydrogens (tertiary/aromatic N) is 2. The molecular formula is C13H19BrN2O2. The van der Waals surface area contributed by atoms with Crippen molar-refractivity contribution in [1.29, 1.82) is 0 Å². The number of anilines is 1. The first-order valence-electron chi connectivity index (χ1n) is 6.31. The van der Waals surface area contributed by atoms with Gasteiger partial charge in [0.25, 0.3) is 0 Å². The molecule has 1 fully saturated rings. The fourth-order valence-corrected chi connectivity index (χ4v) is 2.40. The zero-order chi connectivity index (χ0) is 13.0. The van der Waals surface area contributed by atoms with Gasteiger partial charge in [-0.3, -0.25) is 0 Å². The minimum absolute atomic E-state index is 0.105. The van der Waals surface area contributed by atoms with Crippen molar-refractivity contribution in [2.75, 3.05) is 31.2 Å². The number of aliphatic hydroxyl groups is 1. The van der Waals surface area contributed by atoms with E-state index in [0.29, 0.717) is 6.61 Å². The molecule has 18 heavy (non-hydrogen) atoms. The molecule has 1 aliphatic rings. The van der Waals surface area contributed by atoms with E-state index in [-0.39, 0.29) is 12.7 Å². The standard InChI is InChI=1S/C13H19BrN2O2/c1-10-12(14)2-3-13(15-10)16-6-4-11(5-7-16)18-9-8-17/h2-3,11,17H,4-9H2,1H3. The largest absolute Gasteiger partial charge is 0.394 e. The van der Waals surface area contributed by atoms with Gasteiger partial charge >= 0.3 is 0 Å². The van der Waals surface area contributed by atoms with E-state index in [1.807, 2.05) is 19.1 Å². The molecule has 2 rings (SSSR count). The molecule has 1 aromatic heterocycles. The Morgan fingerprint density at radius 1 is 1.44 bits per heavy atom. The topological polar surface area (TPSA) is 45.6 Å². The van der Waals surface area contributed by atoms with Crippen LogP contribution >= 0.6 is 15.9 Å². The quantitative estimate of drug-likeness (QED) is 0.924. The van der Waals surface area contributed by atoms with Crippen LogP contribution in [0.3, 0.4) is 0 Å². The third kappa shape index (κ3) is 3.43. The highest BCUT2D eigenvalue weighted by Crippen LogP contribution is 2.22. The van der Waals surface area contributed by atoms with Gasteiger partial charge in [0, 0.05) is 17.6 Å². The normalized spacial score (nSPS) is 17.2. The summed E-state index contributed by atoms with van der Waals surface area (Å²) in [6, 6.07) is 4.10. The third-order valence-electron chi connectivity index (χ3n) is 3.22. The second-order valence-corrected chi connectivity index (χ2v) is 5.37. The van der Waals surface area contributed by atoms with Crippen LogP contribution in [0.4, 0.5) is 5.82 Å². The molecule has 0 saturated carbocycles. The molecule has 0 bridgehead atoms. The molecule has 0 radical (unpaired) electrons. The summed E-state index contributed by atoms with van der Waals surface area (Å²) in [6.45, 7) is 4.48. The van der Waals surface area contributed by atoms with Crippen LogP contribution in [0.2, 0.25) is 0 Å². The van der Waals surface area contributed by atoms with Crippen LogP contribution < -0.4 is 4.90 Å². The van der Waals surface area contributed by atoms with Gasteiger partial charge in [-0.15, -0.1) is 0 Å². The lowest BCUT2D eigenvalue weighted by Crippen LogP contribution is -2.37. The smallest absolute Gasteiger partial charge is 0.128 e. The number of ether oxygens (including phenoxy) is 1. The number of halogens is 1. The second kappa shape index (κ2) is 6.50. The molecule has 1 aromatic rings. The molecule has 0 aliphatic carbocycles. The van der Waals surface area contributed by atoms with Crippen molar-refractivity contribution in [3.8, 4) is 0 Å². The zero-order valence-electron chi connectivity index (χ0n) is 10.6. The summed E-state index contributed by atoms with van der Waals surface area (Å²) >= 11 is 3.47. The maximum Gasteiger partial charge on any atom is 0.128 e. The van der Waals surface area contributed by atoms with Crippen molar-refractivity contribution < 1.29 is 9.84 Å². The number of aliphatic hydroxyl groups excluding tert-OH is 1. The van der Waals surface area contributed by atoms with Crippen LogP contribution in [0.25, 0.3) is 0 Å². The van der Waals surface area contributed by atoms with Crippen LogP contribution in [0.15, 0.2) is 16.6 Å². The summed E-state index contributed by atoms with van der Waals surface area (Å²) in [5, 5.41) is 8.73. The van der Waals surface area contributed by atoms with Gasteiger partial charge in [-0.05, 0) is 47.8 Å². The maximum atomic E-state index is 8.73. The minimum atomic E-state index is 0.105. The van der Waals surface area contributed by atoms with E-state index in [1.165, 1.54) is 0 Å². The van der Waals surface area contributed by atoms with Gasteiger partial charge in [0.2, 0.25) is 0 Å². The SMILES string of the molecule is Cc1nc(N2CCC(OCCO)CC2)ccc1Br. The average molecular weight is 315 g/mol. The maximum absolute atomic E-state index is 8.73. The summed E-state index contributed by atoms with van der Waals surface area (Å²) in [7, 11) is 0. The number of hydrogen-bond acceptors (Lipinski definition) is 4. The molecule has 2 heterocycles. The van der Waals surface area contributed by atoms with Crippen molar-refractivity contribution in [2.45, 2.75) is 25.9 Å². The summed E-state index contributed by atoms with van der Waals surface area (Å²) in [4.78, 5) is 6.87. The Morgan fingerprint density at radius 2 is 2.17 bits per heavy atom. The minimum Gasteiger partial charge on any atom is -0.394 e. The Kier molecular flexibility index (Phi) is 4.97. The van der Waals surface area contributed by atoms with E-state index in [9.17, 15) is 0 Å². The summed E-state index contributed by atoms with van der Waals surface area (Å²) in [5.41, 5.74) is 1.02. The molecule has 0 amide bonds. The van der Waals surface area contributed by atoms with Crippen molar-refractivity contribution in [3.63, 3.8) is 0 Å². The molecule has 0 atom stereocenters. The van der Waals surface area contributed by atoms with Crippen molar-refractivity contribution in [3.05, 3.63) is 22.3 Å². The molecule has 0 spiro atoms. The van der Waals surface area contributed by atoms with Gasteiger partial charge < -0.3 is 14.7 Å². The van der Waals surface area contributed by atoms with Gasteiger partial charge in [0.15, 0.2) is 0 Å². The van der Waals surface area contributed by atoms with Crippen molar-refractivity contribution in [1.82, 2.24) is 4.98 Å². The predicted molar refractivity (Wildman–Crippen MR) is 74.9 cm³/mol. The Bertz CT molecular complexity index is 393. The van der Waals surface area contributed by atoms with E-state index < -0.39 is 0 Å². The first-order valence-corrected chi connectivity index (χ1v) is 7.10. The molecule has 100 valence electrons. The van der Waals surface area contributed by atoms with Crippen LogP contribution in [-0.2, 0) is 4.74 Å². The van der Waals surface area contributed by atoms with Crippen LogP contribution in [0.1, 0.15) is 18.5 Å². The number of rotatable bonds is 4. The highest BCUT2D eigenvalue weighted by atomic mass is 79.9. The fraction of sp³-hybridized carbons (Fsp3) is 0.615. The Balaban J connectivity index is 1.90. The van der Waals surface area contributed by atoms with Gasteiger partial charge in [0.1, 0.15) is 5.82 Å². The first-order chi connectivity index (χ1) is 8.70. The monoisotopic (exact) mass is 314 g/mol. The molecule has 1 aliphatic heterocycles. The molecule has 0 aromatic carbocycles. The second-order valence-electron chi connectivity index (χ2n) is 4.52. The lowest BCUT2D eigenvalue weighted by atomic mass is 10.1. The lowest BCUT2D eigenvalue weighted by Gasteiger charge is -2.32. The van der Waals surface area contributed by atoms with Gasteiger partial charge in [0.05, 0.1) is 25.0 Å². The van der Waals surface area contributed by atoms with Crippen LogP contribution in [-0.4, -0.2) is 42.5 Å². The lowest BCUT2D eigenvalue weighted by molar-refractivity contribution is 0.0158. The number of pyridine rings is 1. The fourth-order valence-electron chi connectivity index (χ4n) is 2.18. The molecular weight excluding hydrogens is 296 g/mol. The molecule has 4 nitrogen and oxygen atoms in total. The molecule has 1 N–H and O–H groups in total.